The van der Waals surface area contributed by atoms with Gasteiger partial charge >= 0.3 is 5.97 Å². The van der Waals surface area contributed by atoms with Crippen LogP contribution in [0.15, 0.2) is 17.1 Å². The summed E-state index contributed by atoms with van der Waals surface area (Å²) in [6, 6.07) is 0.875. The van der Waals surface area contributed by atoms with Crippen LogP contribution in [0.5, 0.6) is 0 Å². The van der Waals surface area contributed by atoms with Gasteiger partial charge in [0, 0.05) is 13.2 Å². The molecule has 1 heterocycles. The van der Waals surface area contributed by atoms with Gasteiger partial charge in [-0.25, -0.2) is 9.18 Å². The maximum Gasteiger partial charge on any atom is 0.339 e. The van der Waals surface area contributed by atoms with Crippen molar-refractivity contribution in [1.29, 1.82) is 0 Å². The van der Waals surface area contributed by atoms with E-state index < -0.39 is 17.3 Å². The number of carbonyl (C=O) groups excluding carboxylic acids is 1. The first kappa shape index (κ1) is 10.4. The van der Waals surface area contributed by atoms with Gasteiger partial charge in [0.2, 0.25) is 0 Å². The number of halogens is 1. The third kappa shape index (κ3) is 1.99. The van der Waals surface area contributed by atoms with E-state index in [4.69, 9.17) is 0 Å². The first-order valence-corrected chi connectivity index (χ1v) is 4.09. The fourth-order valence-electron chi connectivity index (χ4n) is 0.997. The number of esters is 1. The molecule has 0 atom stereocenters. The molecule has 1 aromatic rings. The van der Waals surface area contributed by atoms with Crippen molar-refractivity contribution in [3.8, 4) is 0 Å². The number of ether oxygens (including phenoxy) is 1. The molecule has 0 saturated heterocycles. The van der Waals surface area contributed by atoms with Crippen molar-refractivity contribution in [1.82, 2.24) is 4.57 Å². The Balaban J connectivity index is 3.13. The van der Waals surface area contributed by atoms with Crippen LogP contribution in [0.2, 0.25) is 0 Å². The summed E-state index contributed by atoms with van der Waals surface area (Å²) < 4.78 is 18.6. The highest BCUT2D eigenvalue weighted by Crippen LogP contribution is 2.01. The van der Waals surface area contributed by atoms with E-state index in [0.29, 0.717) is 0 Å². The summed E-state index contributed by atoms with van der Waals surface area (Å²) in [4.78, 5) is 22.1. The molecule has 0 aliphatic heterocycles. The molecule has 1 rings (SSSR count). The second-order valence-corrected chi connectivity index (χ2v) is 2.71. The van der Waals surface area contributed by atoms with E-state index in [9.17, 15) is 14.0 Å². The van der Waals surface area contributed by atoms with Crippen LogP contribution < -0.4 is 5.56 Å². The topological polar surface area (TPSA) is 48.3 Å². The van der Waals surface area contributed by atoms with E-state index in [2.05, 4.69) is 4.74 Å². The molecule has 0 amide bonds. The highest BCUT2D eigenvalue weighted by Gasteiger charge is 2.10. The molecule has 4 nitrogen and oxygen atoms in total. The van der Waals surface area contributed by atoms with Gasteiger partial charge in [-0.1, -0.05) is 0 Å². The van der Waals surface area contributed by atoms with Gasteiger partial charge in [-0.15, -0.1) is 0 Å². The van der Waals surface area contributed by atoms with Gasteiger partial charge in [-0.05, 0) is 13.0 Å². The average molecular weight is 199 g/mol. The average Bonchev–Trinajstić information content (AvgIpc) is 2.13. The van der Waals surface area contributed by atoms with Crippen molar-refractivity contribution in [2.45, 2.75) is 6.92 Å². The molecular weight excluding hydrogens is 189 g/mol. The molecule has 0 N–H and O–H groups in total. The summed E-state index contributed by atoms with van der Waals surface area (Å²) in [5.41, 5.74) is -0.732. The normalized spacial score (nSPS) is 9.93. The zero-order chi connectivity index (χ0) is 10.7. The number of rotatable bonds is 2. The van der Waals surface area contributed by atoms with Crippen LogP contribution in [0.1, 0.15) is 17.3 Å². The Hall–Kier alpha value is -1.65. The Morgan fingerprint density at radius 3 is 2.79 bits per heavy atom. The van der Waals surface area contributed by atoms with Crippen molar-refractivity contribution in [3.63, 3.8) is 0 Å². The lowest BCUT2D eigenvalue weighted by Crippen LogP contribution is -2.21. The minimum Gasteiger partial charge on any atom is -0.462 e. The van der Waals surface area contributed by atoms with Gasteiger partial charge in [0.15, 0.2) is 5.82 Å². The molecular formula is C9H10FNO3. The van der Waals surface area contributed by atoms with Gasteiger partial charge in [0.25, 0.3) is 5.56 Å². The summed E-state index contributed by atoms with van der Waals surface area (Å²) in [6.45, 7) is 1.86. The summed E-state index contributed by atoms with van der Waals surface area (Å²) in [5.74, 6) is -1.60. The maximum absolute atomic E-state index is 12.9. The van der Waals surface area contributed by atoms with Crippen molar-refractivity contribution in [2.24, 2.45) is 7.05 Å². The molecule has 5 heteroatoms. The van der Waals surface area contributed by atoms with E-state index in [0.717, 1.165) is 10.6 Å². The minimum absolute atomic E-state index is 0.0338. The summed E-state index contributed by atoms with van der Waals surface area (Å²) >= 11 is 0. The third-order valence-corrected chi connectivity index (χ3v) is 1.65. The second-order valence-electron chi connectivity index (χ2n) is 2.71. The number of aromatic nitrogens is 1. The molecule has 14 heavy (non-hydrogen) atoms. The highest BCUT2D eigenvalue weighted by atomic mass is 19.1. The monoisotopic (exact) mass is 199 g/mol. The molecule has 76 valence electrons. The SMILES string of the molecule is CCOC(=O)c1cc(F)c(=O)n(C)c1. The van der Waals surface area contributed by atoms with Gasteiger partial charge in [0.05, 0.1) is 12.2 Å². The Morgan fingerprint density at radius 2 is 2.29 bits per heavy atom. The second kappa shape index (κ2) is 4.04. The van der Waals surface area contributed by atoms with E-state index >= 15 is 0 Å². The standard InChI is InChI=1S/C9H10FNO3/c1-3-14-9(13)6-4-7(10)8(12)11(2)5-6/h4-5H,3H2,1-2H3. The van der Waals surface area contributed by atoms with Crippen LogP contribution in [-0.2, 0) is 11.8 Å². The van der Waals surface area contributed by atoms with Gasteiger partial charge < -0.3 is 9.30 Å². The fraction of sp³-hybridized carbons (Fsp3) is 0.333. The van der Waals surface area contributed by atoms with Crippen molar-refractivity contribution >= 4 is 5.97 Å². The molecule has 1 aromatic heterocycles. The number of carbonyl (C=O) groups is 1. The predicted octanol–water partition coefficient (Wildman–Crippen LogP) is 0.701. The molecule has 0 aliphatic rings. The number of pyridine rings is 1. The summed E-state index contributed by atoms with van der Waals surface area (Å²) in [5, 5.41) is 0. The Labute approximate surface area is 79.9 Å². The lowest BCUT2D eigenvalue weighted by molar-refractivity contribution is 0.0524. The molecule has 0 bridgehead atoms. The van der Waals surface area contributed by atoms with Gasteiger partial charge in [-0.2, -0.15) is 0 Å². The van der Waals surface area contributed by atoms with E-state index in [1.54, 1.807) is 6.92 Å². The maximum atomic E-state index is 12.9. The van der Waals surface area contributed by atoms with Crippen LogP contribution >= 0.6 is 0 Å². The third-order valence-electron chi connectivity index (χ3n) is 1.65. The number of hydrogen-bond acceptors (Lipinski definition) is 3. The minimum atomic E-state index is -0.960. The predicted molar refractivity (Wildman–Crippen MR) is 47.6 cm³/mol. The number of nitrogens with zero attached hydrogens (tertiary/aromatic N) is 1. The smallest absolute Gasteiger partial charge is 0.339 e. The van der Waals surface area contributed by atoms with E-state index in [-0.39, 0.29) is 12.2 Å². The van der Waals surface area contributed by atoms with Crippen LogP contribution in [0.3, 0.4) is 0 Å². The molecule has 0 radical (unpaired) electrons. The molecule has 0 unspecified atom stereocenters. The summed E-state index contributed by atoms with van der Waals surface area (Å²) in [7, 11) is 1.37. The molecule has 0 fully saturated rings. The van der Waals surface area contributed by atoms with E-state index in [1.165, 1.54) is 13.2 Å². The van der Waals surface area contributed by atoms with Crippen LogP contribution in [0.25, 0.3) is 0 Å². The Kier molecular flexibility index (Phi) is 3.01. The zero-order valence-electron chi connectivity index (χ0n) is 7.91. The summed E-state index contributed by atoms with van der Waals surface area (Å²) in [6.07, 6.45) is 1.24. The van der Waals surface area contributed by atoms with Crippen molar-refractivity contribution in [3.05, 3.63) is 34.0 Å². The van der Waals surface area contributed by atoms with Crippen LogP contribution in [-0.4, -0.2) is 17.1 Å². The zero-order valence-corrected chi connectivity index (χ0v) is 7.91. The Bertz CT molecular complexity index is 385. The highest BCUT2D eigenvalue weighted by molar-refractivity contribution is 5.88. The number of aryl methyl sites for hydroxylation is 1. The first-order chi connectivity index (χ1) is 6.56. The van der Waals surface area contributed by atoms with Crippen molar-refractivity contribution in [2.75, 3.05) is 6.61 Å². The molecule has 0 saturated carbocycles. The van der Waals surface area contributed by atoms with Crippen molar-refractivity contribution < 1.29 is 13.9 Å². The van der Waals surface area contributed by atoms with Crippen LogP contribution in [0.4, 0.5) is 4.39 Å². The van der Waals surface area contributed by atoms with Gasteiger partial charge in [0.1, 0.15) is 0 Å². The molecule has 0 spiro atoms. The number of hydrogen-bond donors (Lipinski definition) is 0. The molecule has 0 aliphatic carbocycles. The van der Waals surface area contributed by atoms with E-state index in [1.807, 2.05) is 0 Å². The Morgan fingerprint density at radius 1 is 1.64 bits per heavy atom. The van der Waals surface area contributed by atoms with Crippen LogP contribution in [0, 0.1) is 5.82 Å². The van der Waals surface area contributed by atoms with Gasteiger partial charge in [-0.3, -0.25) is 4.79 Å². The first-order valence-electron chi connectivity index (χ1n) is 4.09. The lowest BCUT2D eigenvalue weighted by atomic mass is 10.3. The largest absolute Gasteiger partial charge is 0.462 e. The lowest BCUT2D eigenvalue weighted by Gasteiger charge is -2.03. The fourth-order valence-corrected chi connectivity index (χ4v) is 0.997. The quantitative estimate of drug-likeness (QED) is 0.659. The molecule has 0 aromatic carbocycles.